The lowest BCUT2D eigenvalue weighted by Crippen LogP contribution is -2.28. The topological polar surface area (TPSA) is 56.7 Å². The van der Waals surface area contributed by atoms with Crippen molar-refractivity contribution in [3.8, 4) is 0 Å². The number of hydrogen-bond donors (Lipinski definition) is 1. The van der Waals surface area contributed by atoms with Gasteiger partial charge in [-0.15, -0.1) is 0 Å². The maximum Gasteiger partial charge on any atom is 0.138 e. The highest BCUT2D eigenvalue weighted by Crippen LogP contribution is 2.34. The van der Waals surface area contributed by atoms with E-state index in [0.717, 1.165) is 18.8 Å². The molecule has 17 heavy (non-hydrogen) atoms. The quantitative estimate of drug-likeness (QED) is 0.847. The lowest BCUT2D eigenvalue weighted by Gasteiger charge is -2.28. The average molecular weight is 228 g/mol. The summed E-state index contributed by atoms with van der Waals surface area (Å²) in [7, 11) is 0. The minimum Gasteiger partial charge on any atom is -0.330 e. The van der Waals surface area contributed by atoms with Crippen LogP contribution in [0.1, 0.15) is 29.6 Å². The molecule has 4 heteroatoms. The zero-order valence-electron chi connectivity index (χ0n) is 9.66. The molecule has 0 bridgehead atoms. The summed E-state index contributed by atoms with van der Waals surface area (Å²) in [6.45, 7) is 1.55. The fourth-order valence-corrected chi connectivity index (χ4v) is 2.63. The van der Waals surface area contributed by atoms with Crippen LogP contribution in [-0.2, 0) is 6.54 Å². The van der Waals surface area contributed by atoms with Gasteiger partial charge in [0.15, 0.2) is 0 Å². The van der Waals surface area contributed by atoms with E-state index in [9.17, 15) is 0 Å². The molecule has 0 saturated heterocycles. The van der Waals surface area contributed by atoms with E-state index in [4.69, 9.17) is 5.73 Å². The molecule has 4 nitrogen and oxygen atoms in total. The molecule has 88 valence electrons. The molecule has 2 N–H and O–H groups in total. The van der Waals surface area contributed by atoms with Crippen molar-refractivity contribution in [2.75, 3.05) is 6.54 Å². The van der Waals surface area contributed by atoms with Gasteiger partial charge in [0.1, 0.15) is 12.2 Å². The van der Waals surface area contributed by atoms with Gasteiger partial charge in [-0.1, -0.05) is 30.3 Å². The van der Waals surface area contributed by atoms with Gasteiger partial charge in [-0.05, 0) is 12.0 Å². The van der Waals surface area contributed by atoms with Crippen molar-refractivity contribution in [3.63, 3.8) is 0 Å². The molecular weight excluding hydrogens is 212 g/mol. The Morgan fingerprint density at radius 3 is 2.88 bits per heavy atom. The highest BCUT2D eigenvalue weighted by Gasteiger charge is 2.28. The Hall–Kier alpha value is -1.68. The van der Waals surface area contributed by atoms with Crippen LogP contribution in [-0.4, -0.2) is 21.3 Å². The first-order chi connectivity index (χ1) is 8.38. The Balaban J connectivity index is 1.92. The molecule has 0 amide bonds. The van der Waals surface area contributed by atoms with Gasteiger partial charge in [-0.2, -0.15) is 5.10 Å². The van der Waals surface area contributed by atoms with Crippen LogP contribution in [0, 0.1) is 0 Å². The number of nitrogens with two attached hydrogens (primary N) is 1. The largest absolute Gasteiger partial charge is 0.330 e. The zero-order valence-corrected chi connectivity index (χ0v) is 9.66. The van der Waals surface area contributed by atoms with Crippen LogP contribution >= 0.6 is 0 Å². The maximum absolute atomic E-state index is 5.84. The van der Waals surface area contributed by atoms with Gasteiger partial charge in [-0.3, -0.25) is 0 Å². The van der Waals surface area contributed by atoms with E-state index in [2.05, 4.69) is 34.3 Å². The Bertz CT molecular complexity index is 491. The molecular formula is C13H16N4. The second-order valence-corrected chi connectivity index (χ2v) is 4.58. The summed E-state index contributed by atoms with van der Waals surface area (Å²) in [6.07, 6.45) is 2.70. The molecule has 0 fully saturated rings. The van der Waals surface area contributed by atoms with Gasteiger partial charge in [0.05, 0.1) is 0 Å². The summed E-state index contributed by atoms with van der Waals surface area (Å²) in [5.74, 6) is 1.87. The molecule has 1 aromatic heterocycles. The van der Waals surface area contributed by atoms with Crippen molar-refractivity contribution < 1.29 is 0 Å². The molecule has 1 aliphatic rings. The van der Waals surface area contributed by atoms with Crippen LogP contribution < -0.4 is 5.73 Å². The first-order valence-corrected chi connectivity index (χ1v) is 6.01. The van der Waals surface area contributed by atoms with E-state index >= 15 is 0 Å². The van der Waals surface area contributed by atoms with Gasteiger partial charge in [-0.25, -0.2) is 9.67 Å². The third-order valence-electron chi connectivity index (χ3n) is 3.53. The number of fused-ring (bicyclic) bond motifs is 1. The third-order valence-corrected chi connectivity index (χ3v) is 3.53. The van der Waals surface area contributed by atoms with E-state index in [1.807, 2.05) is 10.7 Å². The van der Waals surface area contributed by atoms with Gasteiger partial charge in [0.25, 0.3) is 0 Å². The molecule has 2 heterocycles. The molecule has 2 unspecified atom stereocenters. The second kappa shape index (κ2) is 4.30. The molecule has 0 aliphatic carbocycles. The molecule has 0 saturated carbocycles. The summed E-state index contributed by atoms with van der Waals surface area (Å²) in [5.41, 5.74) is 7.20. The van der Waals surface area contributed by atoms with Crippen molar-refractivity contribution >= 4 is 0 Å². The minimum atomic E-state index is 0.330. The predicted molar refractivity (Wildman–Crippen MR) is 65.6 cm³/mol. The van der Waals surface area contributed by atoms with Crippen LogP contribution in [0.3, 0.4) is 0 Å². The van der Waals surface area contributed by atoms with E-state index in [1.54, 1.807) is 6.33 Å². The highest BCUT2D eigenvalue weighted by molar-refractivity contribution is 5.21. The van der Waals surface area contributed by atoms with E-state index < -0.39 is 0 Å². The summed E-state index contributed by atoms with van der Waals surface area (Å²) in [4.78, 5) is 4.31. The average Bonchev–Trinajstić information content (AvgIpc) is 2.86. The lowest BCUT2D eigenvalue weighted by atomic mass is 9.85. The first kappa shape index (κ1) is 10.5. The van der Waals surface area contributed by atoms with Gasteiger partial charge in [0.2, 0.25) is 0 Å². The Kier molecular flexibility index (Phi) is 2.65. The summed E-state index contributed by atoms with van der Waals surface area (Å²) >= 11 is 0. The Labute approximate surface area is 100 Å². The number of aromatic nitrogens is 3. The molecule has 0 spiro atoms. The second-order valence-electron chi connectivity index (χ2n) is 4.58. The SMILES string of the molecule is NCC1CC(c2ccccc2)Cn2ncnc21. The maximum atomic E-state index is 5.84. The third kappa shape index (κ3) is 1.85. The minimum absolute atomic E-state index is 0.330. The van der Waals surface area contributed by atoms with Crippen LogP contribution in [0.25, 0.3) is 0 Å². The molecule has 2 aromatic rings. The smallest absolute Gasteiger partial charge is 0.138 e. The van der Waals surface area contributed by atoms with Gasteiger partial charge in [0, 0.05) is 24.9 Å². The fraction of sp³-hybridized carbons (Fsp3) is 0.385. The van der Waals surface area contributed by atoms with Crippen molar-refractivity contribution in [2.45, 2.75) is 24.8 Å². The zero-order chi connectivity index (χ0) is 11.7. The number of nitrogens with zero attached hydrogens (tertiary/aromatic N) is 3. The summed E-state index contributed by atoms with van der Waals surface area (Å²) in [6, 6.07) is 10.6. The predicted octanol–water partition coefficient (Wildman–Crippen LogP) is 1.51. The molecule has 3 rings (SSSR count). The van der Waals surface area contributed by atoms with Gasteiger partial charge < -0.3 is 5.73 Å². The monoisotopic (exact) mass is 228 g/mol. The molecule has 2 atom stereocenters. The lowest BCUT2D eigenvalue weighted by molar-refractivity contribution is 0.372. The van der Waals surface area contributed by atoms with Crippen LogP contribution in [0.15, 0.2) is 36.7 Å². The van der Waals surface area contributed by atoms with Crippen LogP contribution in [0.2, 0.25) is 0 Å². The van der Waals surface area contributed by atoms with Crippen molar-refractivity contribution in [2.24, 2.45) is 5.73 Å². The van der Waals surface area contributed by atoms with Crippen LogP contribution in [0.5, 0.6) is 0 Å². The molecule has 0 radical (unpaired) electrons. The van der Waals surface area contributed by atoms with Crippen molar-refractivity contribution in [3.05, 3.63) is 48.0 Å². The first-order valence-electron chi connectivity index (χ1n) is 6.01. The Morgan fingerprint density at radius 2 is 2.12 bits per heavy atom. The highest BCUT2D eigenvalue weighted by atomic mass is 15.3. The van der Waals surface area contributed by atoms with E-state index in [-0.39, 0.29) is 0 Å². The number of benzene rings is 1. The summed E-state index contributed by atoms with van der Waals surface area (Å²) in [5, 5.41) is 4.28. The normalized spacial score (nSPS) is 23.4. The van der Waals surface area contributed by atoms with E-state index in [0.29, 0.717) is 18.4 Å². The molecule has 1 aliphatic heterocycles. The fourth-order valence-electron chi connectivity index (χ4n) is 2.63. The molecule has 1 aromatic carbocycles. The van der Waals surface area contributed by atoms with Gasteiger partial charge >= 0.3 is 0 Å². The van der Waals surface area contributed by atoms with Crippen LogP contribution in [0.4, 0.5) is 0 Å². The van der Waals surface area contributed by atoms with E-state index in [1.165, 1.54) is 5.56 Å². The number of hydrogen-bond acceptors (Lipinski definition) is 3. The van der Waals surface area contributed by atoms with Crippen molar-refractivity contribution in [1.29, 1.82) is 0 Å². The Morgan fingerprint density at radius 1 is 1.29 bits per heavy atom. The van der Waals surface area contributed by atoms with Crippen molar-refractivity contribution in [1.82, 2.24) is 14.8 Å². The number of rotatable bonds is 2. The standard InChI is InChI=1S/C13H16N4/c14-7-11-6-12(10-4-2-1-3-5-10)8-17-13(11)15-9-16-17/h1-5,9,11-12H,6-8,14H2. The summed E-state index contributed by atoms with van der Waals surface area (Å²) < 4.78 is 2.00.